The van der Waals surface area contributed by atoms with Crippen LogP contribution in [0.25, 0.3) is 0 Å². The molecule has 0 radical (unpaired) electrons. The largest absolute Gasteiger partial charge is 0.346 e. The average Bonchev–Trinajstić information content (AvgIpc) is 2.80. The highest BCUT2D eigenvalue weighted by molar-refractivity contribution is 7.80. The van der Waals surface area contributed by atoms with Crippen molar-refractivity contribution in [2.24, 2.45) is 7.05 Å². The molecule has 0 fully saturated rings. The van der Waals surface area contributed by atoms with Gasteiger partial charge in [0.1, 0.15) is 0 Å². The number of thiocarbonyl (C=S) groups is 1. The number of nitrogens with zero attached hydrogens (tertiary/aromatic N) is 3. The van der Waals surface area contributed by atoms with Gasteiger partial charge in [0, 0.05) is 26.0 Å². The van der Waals surface area contributed by atoms with Crippen LogP contribution in [-0.2, 0) is 13.6 Å². The van der Waals surface area contributed by atoms with E-state index in [4.69, 9.17) is 12.2 Å². The molecular weight excluding hydrogens is 268 g/mol. The van der Waals surface area contributed by atoms with Crippen LogP contribution in [0.4, 0.5) is 5.69 Å². The first-order chi connectivity index (χ1) is 9.49. The number of nitrogens with one attached hydrogen (secondary N) is 1. The van der Waals surface area contributed by atoms with E-state index in [9.17, 15) is 0 Å². The normalized spacial score (nSPS) is 10.4. The molecule has 0 spiro atoms. The van der Waals surface area contributed by atoms with Gasteiger partial charge in [0.25, 0.3) is 0 Å². The number of aromatic nitrogens is 2. The minimum absolute atomic E-state index is 0.708. The maximum absolute atomic E-state index is 5.46. The van der Waals surface area contributed by atoms with Crippen LogP contribution in [0.3, 0.4) is 0 Å². The summed E-state index contributed by atoms with van der Waals surface area (Å²) in [4.78, 5) is 2.01. The molecule has 0 atom stereocenters. The van der Waals surface area contributed by atoms with E-state index in [1.54, 1.807) is 6.20 Å². The Balaban J connectivity index is 2.04. The van der Waals surface area contributed by atoms with Crippen molar-refractivity contribution in [3.63, 3.8) is 0 Å². The SMILES string of the molecule is Cc1cccc(NC(=S)N(C)Cc2ccnn2C)c1C. The second kappa shape index (κ2) is 6.05. The van der Waals surface area contributed by atoms with E-state index >= 15 is 0 Å². The molecule has 0 aliphatic carbocycles. The third-order valence-electron chi connectivity index (χ3n) is 3.51. The molecule has 0 amide bonds. The van der Waals surface area contributed by atoms with Gasteiger partial charge < -0.3 is 10.2 Å². The number of hydrogen-bond acceptors (Lipinski definition) is 2. The Hall–Kier alpha value is -1.88. The van der Waals surface area contributed by atoms with Gasteiger partial charge in [-0.25, -0.2) is 0 Å². The van der Waals surface area contributed by atoms with E-state index in [0.29, 0.717) is 5.11 Å². The van der Waals surface area contributed by atoms with Crippen molar-refractivity contribution >= 4 is 23.0 Å². The number of anilines is 1. The minimum atomic E-state index is 0.708. The predicted octanol–water partition coefficient (Wildman–Crippen LogP) is 2.87. The zero-order valence-electron chi connectivity index (χ0n) is 12.3. The molecule has 0 aliphatic rings. The molecule has 5 heteroatoms. The van der Waals surface area contributed by atoms with Crippen molar-refractivity contribution in [3.8, 4) is 0 Å². The first-order valence-electron chi connectivity index (χ1n) is 6.54. The second-order valence-corrected chi connectivity index (χ2v) is 5.37. The third-order valence-corrected chi connectivity index (χ3v) is 3.93. The van der Waals surface area contributed by atoms with Crippen molar-refractivity contribution in [2.75, 3.05) is 12.4 Å². The lowest BCUT2D eigenvalue weighted by Gasteiger charge is -2.22. The van der Waals surface area contributed by atoms with Crippen LogP contribution in [0.2, 0.25) is 0 Å². The van der Waals surface area contributed by atoms with Gasteiger partial charge in [0.2, 0.25) is 0 Å². The van der Waals surface area contributed by atoms with Crippen LogP contribution in [0.1, 0.15) is 16.8 Å². The molecule has 0 unspecified atom stereocenters. The quantitative estimate of drug-likeness (QED) is 0.881. The molecule has 1 aromatic carbocycles. The number of benzene rings is 1. The van der Waals surface area contributed by atoms with Gasteiger partial charge in [-0.15, -0.1) is 0 Å². The lowest BCUT2D eigenvalue weighted by Crippen LogP contribution is -2.31. The van der Waals surface area contributed by atoms with Crippen LogP contribution < -0.4 is 5.32 Å². The van der Waals surface area contributed by atoms with Crippen molar-refractivity contribution in [2.45, 2.75) is 20.4 Å². The maximum Gasteiger partial charge on any atom is 0.173 e. The number of hydrogen-bond donors (Lipinski definition) is 1. The van der Waals surface area contributed by atoms with Gasteiger partial charge >= 0.3 is 0 Å². The molecule has 1 N–H and O–H groups in total. The summed E-state index contributed by atoms with van der Waals surface area (Å²) in [6.45, 7) is 4.93. The first-order valence-corrected chi connectivity index (χ1v) is 6.95. The van der Waals surface area contributed by atoms with E-state index in [2.05, 4.69) is 30.3 Å². The van der Waals surface area contributed by atoms with E-state index in [1.807, 2.05) is 41.9 Å². The molecule has 0 saturated carbocycles. The Morgan fingerprint density at radius 2 is 2.10 bits per heavy atom. The highest BCUT2D eigenvalue weighted by Crippen LogP contribution is 2.18. The van der Waals surface area contributed by atoms with E-state index in [1.165, 1.54) is 11.1 Å². The Labute approximate surface area is 125 Å². The van der Waals surface area contributed by atoms with Gasteiger partial charge in [-0.1, -0.05) is 12.1 Å². The van der Waals surface area contributed by atoms with E-state index < -0.39 is 0 Å². The number of aryl methyl sites for hydroxylation is 2. The van der Waals surface area contributed by atoms with E-state index in [-0.39, 0.29) is 0 Å². The summed E-state index contributed by atoms with van der Waals surface area (Å²) in [6.07, 6.45) is 1.80. The van der Waals surface area contributed by atoms with Crippen LogP contribution in [-0.4, -0.2) is 26.8 Å². The van der Waals surface area contributed by atoms with Gasteiger partial charge in [0.15, 0.2) is 5.11 Å². The Morgan fingerprint density at radius 3 is 2.75 bits per heavy atom. The fraction of sp³-hybridized carbons (Fsp3) is 0.333. The molecule has 20 heavy (non-hydrogen) atoms. The van der Waals surface area contributed by atoms with Crippen molar-refractivity contribution in [1.29, 1.82) is 0 Å². The zero-order chi connectivity index (χ0) is 14.7. The van der Waals surface area contributed by atoms with Gasteiger partial charge in [-0.2, -0.15) is 5.10 Å². The third kappa shape index (κ3) is 3.17. The van der Waals surface area contributed by atoms with Crippen molar-refractivity contribution in [3.05, 3.63) is 47.3 Å². The number of rotatable bonds is 3. The molecule has 0 saturated heterocycles. The maximum atomic E-state index is 5.46. The molecule has 0 bridgehead atoms. The summed E-state index contributed by atoms with van der Waals surface area (Å²) < 4.78 is 1.86. The average molecular weight is 288 g/mol. The fourth-order valence-electron chi connectivity index (χ4n) is 1.97. The van der Waals surface area contributed by atoms with Crippen LogP contribution in [0.15, 0.2) is 30.5 Å². The Kier molecular flexibility index (Phi) is 4.39. The molecule has 2 rings (SSSR count). The highest BCUT2D eigenvalue weighted by Gasteiger charge is 2.09. The van der Waals surface area contributed by atoms with Crippen LogP contribution >= 0.6 is 12.2 Å². The monoisotopic (exact) mass is 288 g/mol. The molecular formula is C15H20N4S. The van der Waals surface area contributed by atoms with Gasteiger partial charge in [-0.05, 0) is 49.3 Å². The minimum Gasteiger partial charge on any atom is -0.346 e. The highest BCUT2D eigenvalue weighted by atomic mass is 32.1. The summed E-state index contributed by atoms with van der Waals surface area (Å²) >= 11 is 5.46. The molecule has 1 heterocycles. The lowest BCUT2D eigenvalue weighted by molar-refractivity contribution is 0.482. The summed E-state index contributed by atoms with van der Waals surface area (Å²) in [5, 5.41) is 8.18. The molecule has 1 aromatic heterocycles. The zero-order valence-corrected chi connectivity index (χ0v) is 13.2. The Morgan fingerprint density at radius 1 is 1.35 bits per heavy atom. The fourth-order valence-corrected chi connectivity index (χ4v) is 2.14. The van der Waals surface area contributed by atoms with Gasteiger partial charge in [0.05, 0.1) is 12.2 Å². The summed E-state index contributed by atoms with van der Waals surface area (Å²) in [6, 6.07) is 8.18. The summed E-state index contributed by atoms with van der Waals surface area (Å²) in [5.74, 6) is 0. The van der Waals surface area contributed by atoms with Crippen molar-refractivity contribution < 1.29 is 0 Å². The van der Waals surface area contributed by atoms with E-state index in [0.717, 1.165) is 17.9 Å². The molecule has 106 valence electrons. The smallest absolute Gasteiger partial charge is 0.173 e. The van der Waals surface area contributed by atoms with Crippen molar-refractivity contribution in [1.82, 2.24) is 14.7 Å². The first kappa shape index (κ1) is 14.5. The molecule has 4 nitrogen and oxygen atoms in total. The summed E-state index contributed by atoms with van der Waals surface area (Å²) in [5.41, 5.74) is 4.67. The topological polar surface area (TPSA) is 33.1 Å². The lowest BCUT2D eigenvalue weighted by atomic mass is 10.1. The van der Waals surface area contributed by atoms with Gasteiger partial charge in [-0.3, -0.25) is 4.68 Å². The second-order valence-electron chi connectivity index (χ2n) is 4.98. The van der Waals surface area contributed by atoms with Crippen LogP contribution in [0.5, 0.6) is 0 Å². The molecule has 2 aromatic rings. The van der Waals surface area contributed by atoms with Crippen LogP contribution in [0, 0.1) is 13.8 Å². The molecule has 0 aliphatic heterocycles. The standard InChI is InChI=1S/C15H20N4S/c1-11-6-5-7-14(12(11)2)17-15(20)18(3)10-13-8-9-16-19(13)4/h5-9H,10H2,1-4H3,(H,17,20). The Bertz CT molecular complexity index is 618. The summed E-state index contributed by atoms with van der Waals surface area (Å²) in [7, 11) is 3.91. The predicted molar refractivity (Wildman–Crippen MR) is 86.8 cm³/mol.